The van der Waals surface area contributed by atoms with Crippen molar-refractivity contribution in [2.45, 2.75) is 12.5 Å². The lowest BCUT2D eigenvalue weighted by atomic mass is 10.1. The third kappa shape index (κ3) is 8.72. The molecule has 4 rings (SSSR count). The number of anilines is 1. The highest BCUT2D eigenvalue weighted by molar-refractivity contribution is 6.30. The van der Waals surface area contributed by atoms with Gasteiger partial charge >= 0.3 is 0 Å². The Morgan fingerprint density at radius 2 is 1.79 bits per heavy atom. The zero-order valence-corrected chi connectivity index (χ0v) is 22.7. The monoisotopic (exact) mass is 551 g/mol. The van der Waals surface area contributed by atoms with E-state index in [2.05, 4.69) is 37.8 Å². The molecule has 0 aliphatic carbocycles. The first-order valence-electron chi connectivity index (χ1n) is 13.0. The number of hydrogen-bond acceptors (Lipinski definition) is 7. The molecule has 206 valence electrons. The molecule has 1 aromatic carbocycles. The molecular formula is C28H34ClN7O3. The lowest BCUT2D eigenvalue weighted by Gasteiger charge is -2.32. The van der Waals surface area contributed by atoms with Crippen LogP contribution in [-0.2, 0) is 4.79 Å². The van der Waals surface area contributed by atoms with E-state index in [0.717, 1.165) is 39.3 Å². The van der Waals surface area contributed by atoms with E-state index >= 15 is 0 Å². The van der Waals surface area contributed by atoms with Crippen molar-refractivity contribution in [1.29, 1.82) is 0 Å². The molecule has 1 atom stereocenters. The normalized spacial score (nSPS) is 15.0. The molecule has 1 fully saturated rings. The van der Waals surface area contributed by atoms with Crippen molar-refractivity contribution in [3.05, 3.63) is 87.9 Å². The van der Waals surface area contributed by atoms with Gasteiger partial charge in [-0.05, 0) is 49.5 Å². The minimum atomic E-state index is -0.450. The first-order chi connectivity index (χ1) is 18.9. The van der Waals surface area contributed by atoms with Crippen molar-refractivity contribution in [2.75, 3.05) is 58.2 Å². The number of piperazine rings is 1. The van der Waals surface area contributed by atoms with Gasteiger partial charge in [-0.2, -0.15) is 0 Å². The molecule has 0 radical (unpaired) electrons. The maximum atomic E-state index is 13.1. The Morgan fingerprint density at radius 3 is 2.49 bits per heavy atom. The Bertz CT molecular complexity index is 1290. The quantitative estimate of drug-likeness (QED) is 0.312. The lowest BCUT2D eigenvalue weighted by molar-refractivity contribution is -0.116. The minimum absolute atomic E-state index is 0.0645. The summed E-state index contributed by atoms with van der Waals surface area (Å²) in [6.07, 6.45) is 3.20. The molecule has 1 aliphatic rings. The molecule has 3 aromatic rings. The maximum Gasteiger partial charge on any atom is 0.255 e. The largest absolute Gasteiger partial charge is 0.348 e. The van der Waals surface area contributed by atoms with E-state index in [4.69, 9.17) is 11.6 Å². The molecule has 0 saturated carbocycles. The topological polar surface area (TPSA) is 112 Å². The van der Waals surface area contributed by atoms with Gasteiger partial charge in [-0.1, -0.05) is 17.7 Å². The molecule has 2 aromatic heterocycles. The molecule has 10 nitrogen and oxygen atoms in total. The van der Waals surface area contributed by atoms with E-state index in [-0.39, 0.29) is 23.8 Å². The van der Waals surface area contributed by atoms with Crippen molar-refractivity contribution in [3.63, 3.8) is 0 Å². The lowest BCUT2D eigenvalue weighted by Crippen LogP contribution is -2.48. The number of carbonyl (C=O) groups excluding carboxylic acids is 2. The molecule has 2 amide bonds. The van der Waals surface area contributed by atoms with Gasteiger partial charge in [0.05, 0.1) is 11.1 Å². The summed E-state index contributed by atoms with van der Waals surface area (Å²) in [7, 11) is 2.13. The first-order valence-corrected chi connectivity index (χ1v) is 13.4. The van der Waals surface area contributed by atoms with Gasteiger partial charge in [-0.15, -0.1) is 0 Å². The number of nitrogens with one attached hydrogen (secondary N) is 3. The highest BCUT2D eigenvalue weighted by atomic mass is 35.5. The average Bonchev–Trinajstić information content (AvgIpc) is 2.93. The summed E-state index contributed by atoms with van der Waals surface area (Å²) >= 11 is 5.88. The summed E-state index contributed by atoms with van der Waals surface area (Å²) in [6.45, 7) is 6.23. The highest BCUT2D eigenvalue weighted by Gasteiger charge is 2.19. The van der Waals surface area contributed by atoms with Crippen molar-refractivity contribution in [3.8, 4) is 5.69 Å². The number of halogens is 1. The van der Waals surface area contributed by atoms with Gasteiger partial charge in [-0.25, -0.2) is 4.98 Å². The van der Waals surface area contributed by atoms with Crippen LogP contribution in [0.1, 0.15) is 16.8 Å². The van der Waals surface area contributed by atoms with E-state index < -0.39 is 6.04 Å². The van der Waals surface area contributed by atoms with E-state index in [1.807, 2.05) is 0 Å². The zero-order valence-electron chi connectivity index (χ0n) is 22.0. The van der Waals surface area contributed by atoms with Crippen LogP contribution in [0.25, 0.3) is 5.69 Å². The summed E-state index contributed by atoms with van der Waals surface area (Å²) in [5.74, 6) is -0.177. The van der Waals surface area contributed by atoms with Crippen molar-refractivity contribution in [2.24, 2.45) is 0 Å². The molecule has 3 N–H and O–H groups in total. The summed E-state index contributed by atoms with van der Waals surface area (Å²) in [4.78, 5) is 46.8. The number of aromatic nitrogens is 2. The Hall–Kier alpha value is -3.57. The first kappa shape index (κ1) is 28.4. The van der Waals surface area contributed by atoms with Crippen LogP contribution in [0.5, 0.6) is 0 Å². The SMILES string of the molecule is CN1CCN(CCNCC(CC(=O)Nc2ccc(Cl)cn2)NC(=O)c2ccc(-n3ccccc3=O)cc2)CC1. The second kappa shape index (κ2) is 14.0. The number of carbonyl (C=O) groups is 2. The van der Waals surface area contributed by atoms with Crippen LogP contribution in [0.2, 0.25) is 5.02 Å². The van der Waals surface area contributed by atoms with Gasteiger partial charge in [0.2, 0.25) is 5.91 Å². The fraction of sp³-hybridized carbons (Fsp3) is 0.357. The Kier molecular flexibility index (Phi) is 10.2. The predicted molar refractivity (Wildman–Crippen MR) is 153 cm³/mol. The predicted octanol–water partition coefficient (Wildman–Crippen LogP) is 1.85. The summed E-state index contributed by atoms with van der Waals surface area (Å²) in [5, 5.41) is 9.61. The van der Waals surface area contributed by atoms with E-state index in [9.17, 15) is 14.4 Å². The van der Waals surface area contributed by atoms with E-state index in [1.165, 1.54) is 16.8 Å². The van der Waals surface area contributed by atoms with Gasteiger partial charge < -0.3 is 20.9 Å². The standard InChI is InChI=1S/C28H34ClN7O3/c1-34-14-16-35(17-15-34)13-11-30-20-23(18-26(37)33-25-10-7-22(29)19-31-25)32-28(39)21-5-8-24(9-6-21)36-12-3-2-4-27(36)38/h2-10,12,19,23,30H,11,13-18,20H2,1H3,(H,32,39)(H,31,33,37). The van der Waals surface area contributed by atoms with Crippen LogP contribution < -0.4 is 21.5 Å². The number of rotatable bonds is 11. The van der Waals surface area contributed by atoms with Gasteiger partial charge in [0.1, 0.15) is 5.82 Å². The van der Waals surface area contributed by atoms with E-state index in [1.54, 1.807) is 54.7 Å². The van der Waals surface area contributed by atoms with Crippen molar-refractivity contribution < 1.29 is 9.59 Å². The van der Waals surface area contributed by atoms with Crippen LogP contribution in [0.3, 0.4) is 0 Å². The smallest absolute Gasteiger partial charge is 0.255 e. The van der Waals surface area contributed by atoms with Crippen LogP contribution in [0, 0.1) is 0 Å². The second-order valence-electron chi connectivity index (χ2n) is 9.59. The number of benzene rings is 1. The molecule has 3 heterocycles. The minimum Gasteiger partial charge on any atom is -0.348 e. The fourth-order valence-electron chi connectivity index (χ4n) is 4.31. The van der Waals surface area contributed by atoms with Crippen LogP contribution in [0.4, 0.5) is 5.82 Å². The molecule has 39 heavy (non-hydrogen) atoms. The average molecular weight is 552 g/mol. The van der Waals surface area contributed by atoms with Gasteiger partial charge in [0, 0.05) is 81.9 Å². The third-order valence-corrected chi connectivity index (χ3v) is 6.81. The molecular weight excluding hydrogens is 518 g/mol. The molecule has 0 spiro atoms. The van der Waals surface area contributed by atoms with Crippen molar-refractivity contribution >= 4 is 29.2 Å². The summed E-state index contributed by atoms with van der Waals surface area (Å²) < 4.78 is 1.50. The van der Waals surface area contributed by atoms with Crippen LogP contribution >= 0.6 is 11.6 Å². The Balaban J connectivity index is 1.36. The van der Waals surface area contributed by atoms with Crippen molar-refractivity contribution in [1.82, 2.24) is 30.0 Å². The van der Waals surface area contributed by atoms with Crippen LogP contribution in [-0.4, -0.2) is 90.1 Å². The molecule has 1 unspecified atom stereocenters. The summed E-state index contributed by atoms with van der Waals surface area (Å²) in [6, 6.07) is 14.5. The Labute approximate surface area is 233 Å². The molecule has 0 bridgehead atoms. The zero-order chi connectivity index (χ0) is 27.6. The highest BCUT2D eigenvalue weighted by Crippen LogP contribution is 2.11. The maximum absolute atomic E-state index is 13.1. The number of hydrogen-bond donors (Lipinski definition) is 3. The second-order valence-corrected chi connectivity index (χ2v) is 10.0. The third-order valence-electron chi connectivity index (χ3n) is 6.58. The molecule has 1 saturated heterocycles. The number of pyridine rings is 2. The molecule has 1 aliphatic heterocycles. The van der Waals surface area contributed by atoms with Crippen LogP contribution in [0.15, 0.2) is 71.8 Å². The number of nitrogens with zero attached hydrogens (tertiary/aromatic N) is 4. The summed E-state index contributed by atoms with van der Waals surface area (Å²) in [5.41, 5.74) is 0.942. The van der Waals surface area contributed by atoms with Gasteiger partial charge in [0.25, 0.3) is 11.5 Å². The van der Waals surface area contributed by atoms with Gasteiger partial charge in [-0.3, -0.25) is 23.9 Å². The Morgan fingerprint density at radius 1 is 1.03 bits per heavy atom. The fourth-order valence-corrected chi connectivity index (χ4v) is 4.42. The number of amides is 2. The van der Waals surface area contributed by atoms with Gasteiger partial charge in [0.15, 0.2) is 0 Å². The number of likely N-dealkylation sites (N-methyl/N-ethyl adjacent to an activating group) is 1. The molecule has 11 heteroatoms. The van der Waals surface area contributed by atoms with E-state index in [0.29, 0.717) is 28.6 Å².